The van der Waals surface area contributed by atoms with Gasteiger partial charge in [0.25, 0.3) is 0 Å². The fourth-order valence-electron chi connectivity index (χ4n) is 15.5. The van der Waals surface area contributed by atoms with Crippen molar-refractivity contribution in [3.05, 3.63) is 305 Å². The quantitative estimate of drug-likeness (QED) is 0.159. The lowest BCUT2D eigenvalue weighted by molar-refractivity contribution is 0.607. The highest BCUT2D eigenvalue weighted by Gasteiger charge is 2.54. The maximum absolute atomic E-state index is 5.63. The molecule has 83 heavy (non-hydrogen) atoms. The smallest absolute Gasteiger partial charge is 0.0909 e. The molecule has 0 saturated heterocycles. The molecule has 0 saturated carbocycles. The molecule has 0 N–H and O–H groups in total. The molecule has 12 aromatic rings. The van der Waals surface area contributed by atoms with Crippen LogP contribution in [0.2, 0.25) is 0 Å². The van der Waals surface area contributed by atoms with Crippen molar-refractivity contribution in [2.75, 3.05) is 9.80 Å². The van der Waals surface area contributed by atoms with Gasteiger partial charge in [-0.2, -0.15) is 0 Å². The fraction of sp³-hybridized carbons (Fsp3) is 0.115. The minimum atomic E-state index is -0.848. The summed E-state index contributed by atoms with van der Waals surface area (Å²) < 4.78 is 2.54. The van der Waals surface area contributed by atoms with E-state index >= 15 is 0 Å². The monoisotopic (exact) mass is 1080 g/mol. The van der Waals surface area contributed by atoms with E-state index in [9.17, 15) is 0 Å². The van der Waals surface area contributed by atoms with Gasteiger partial charge in [0.1, 0.15) is 0 Å². The first-order chi connectivity index (χ1) is 40.7. The Hall–Kier alpha value is -9.42. The first-order valence-electron chi connectivity index (χ1n) is 29.2. The molecule has 5 heteroatoms. The van der Waals surface area contributed by atoms with E-state index in [0.717, 1.165) is 74.3 Å². The van der Waals surface area contributed by atoms with Crippen LogP contribution in [0.3, 0.4) is 0 Å². The summed E-state index contributed by atoms with van der Waals surface area (Å²) in [6, 6.07) is 89.2. The molecule has 4 aliphatic carbocycles. The summed E-state index contributed by atoms with van der Waals surface area (Å²) in [5.74, 6) is 0. The maximum Gasteiger partial charge on any atom is 0.0909 e. The van der Waals surface area contributed by atoms with E-state index in [2.05, 4.69) is 291 Å². The molecule has 4 nitrogen and oxygen atoms in total. The molecule has 10 aromatic carbocycles. The fourth-order valence-corrected chi connectivity index (χ4v) is 16.6. The highest BCUT2D eigenvalue weighted by Crippen LogP contribution is 2.67. The SMILES string of the molecule is CC1(C)C2=C(C=CCC2)c2ccc(N(c3ccccc3)c3ccc4c(c3)C3(c5ccccc5Sc5cccnc53)c3cc5c6ccccc6n(-c6ccccc6)c5c(N(c5ccccc5)c5ccc6c(c5)C(C)(C)c5ccccc5-6)c3-4)cc21. The van der Waals surface area contributed by atoms with E-state index in [0.29, 0.717) is 0 Å². The summed E-state index contributed by atoms with van der Waals surface area (Å²) in [7, 11) is 0. The minimum absolute atomic E-state index is 0.0947. The average Bonchev–Trinajstić information content (AvgIpc) is 1.61. The van der Waals surface area contributed by atoms with Crippen LogP contribution in [0, 0.1) is 0 Å². The molecule has 3 heterocycles. The summed E-state index contributed by atoms with van der Waals surface area (Å²) in [5, 5.41) is 2.38. The molecular weight excluding hydrogens is 1020 g/mol. The van der Waals surface area contributed by atoms with Crippen LogP contribution in [0.5, 0.6) is 0 Å². The van der Waals surface area contributed by atoms with E-state index in [1.807, 2.05) is 18.0 Å². The van der Waals surface area contributed by atoms with Crippen LogP contribution in [0.15, 0.2) is 270 Å². The number of hydrogen-bond acceptors (Lipinski definition) is 4. The van der Waals surface area contributed by atoms with E-state index in [1.54, 1.807) is 5.57 Å². The van der Waals surface area contributed by atoms with E-state index in [-0.39, 0.29) is 10.8 Å². The van der Waals surface area contributed by atoms with Crippen molar-refractivity contribution in [1.29, 1.82) is 0 Å². The van der Waals surface area contributed by atoms with Gasteiger partial charge in [-0.05, 0) is 177 Å². The second-order valence-electron chi connectivity index (χ2n) is 24.1. The number of rotatable bonds is 7. The molecule has 17 rings (SSSR count). The summed E-state index contributed by atoms with van der Waals surface area (Å²) in [6.45, 7) is 9.64. The average molecular weight is 1080 g/mol. The third kappa shape index (κ3) is 6.68. The second kappa shape index (κ2) is 17.8. The van der Waals surface area contributed by atoms with Crippen molar-refractivity contribution < 1.29 is 0 Å². The second-order valence-corrected chi connectivity index (χ2v) is 25.2. The highest BCUT2D eigenvalue weighted by molar-refractivity contribution is 7.99. The molecule has 2 aromatic heterocycles. The van der Waals surface area contributed by atoms with Crippen molar-refractivity contribution in [1.82, 2.24) is 9.55 Å². The third-order valence-electron chi connectivity index (χ3n) is 19.2. The highest BCUT2D eigenvalue weighted by atomic mass is 32.2. The van der Waals surface area contributed by atoms with Gasteiger partial charge in [-0.3, -0.25) is 4.98 Å². The van der Waals surface area contributed by atoms with Gasteiger partial charge in [-0.1, -0.05) is 191 Å². The summed E-state index contributed by atoms with van der Waals surface area (Å²) in [5.41, 5.74) is 27.0. The number of anilines is 6. The predicted octanol–water partition coefficient (Wildman–Crippen LogP) is 20.6. The molecule has 1 unspecified atom stereocenters. The van der Waals surface area contributed by atoms with Crippen molar-refractivity contribution in [2.45, 2.75) is 66.6 Å². The molecule has 1 spiro atoms. The van der Waals surface area contributed by atoms with Crippen molar-refractivity contribution >= 4 is 73.3 Å². The number of hydrogen-bond donors (Lipinski definition) is 0. The normalized spacial score (nSPS) is 16.9. The number of nitrogens with zero attached hydrogens (tertiary/aromatic N) is 4. The predicted molar refractivity (Wildman–Crippen MR) is 345 cm³/mol. The van der Waals surface area contributed by atoms with Gasteiger partial charge in [0.15, 0.2) is 0 Å². The zero-order valence-electron chi connectivity index (χ0n) is 46.9. The molecule has 1 aliphatic heterocycles. The van der Waals surface area contributed by atoms with Crippen LogP contribution in [0.1, 0.15) is 85.2 Å². The maximum atomic E-state index is 5.63. The Labute approximate surface area is 489 Å². The van der Waals surface area contributed by atoms with E-state index in [1.165, 1.54) is 82.4 Å². The first kappa shape index (κ1) is 48.3. The van der Waals surface area contributed by atoms with Gasteiger partial charge in [0, 0.05) is 77.3 Å². The van der Waals surface area contributed by atoms with E-state index < -0.39 is 5.41 Å². The Morgan fingerprint density at radius 2 is 1.04 bits per heavy atom. The van der Waals surface area contributed by atoms with Crippen molar-refractivity contribution in [3.8, 4) is 27.9 Å². The molecule has 0 bridgehead atoms. The summed E-state index contributed by atoms with van der Waals surface area (Å²) >= 11 is 1.84. The molecule has 0 amide bonds. The third-order valence-corrected chi connectivity index (χ3v) is 20.3. The van der Waals surface area contributed by atoms with Gasteiger partial charge < -0.3 is 14.4 Å². The molecular formula is C78H58N4S. The Morgan fingerprint density at radius 3 is 1.81 bits per heavy atom. The Balaban J connectivity index is 1.02. The molecule has 1 atom stereocenters. The standard InChI is InChI=1S/C78H58N4S/c1-76(2)62-32-17-14-29-55(62)57-41-38-52(45-65(57)76)80(49-23-8-5-9-24-49)53-40-43-60-67(47-53)78(64-34-19-21-36-70(64)83-71-37-22-44-79-75(71)78)68-48-61-59-31-16-20-35-69(59)82(51-27-12-7-13-28-51)73(61)74(72(60)68)81(50-25-10-6-11-26-50)54-39-42-58-56-30-15-18-33-63(56)77(3,4)66(58)46-54/h5-16,18-31,33-48H,17,32H2,1-4H3. The van der Waals surface area contributed by atoms with Crippen LogP contribution in [0.4, 0.5) is 34.1 Å². The van der Waals surface area contributed by atoms with Gasteiger partial charge >= 0.3 is 0 Å². The largest absolute Gasteiger partial charge is 0.310 e. The Bertz CT molecular complexity index is 4730. The summed E-state index contributed by atoms with van der Waals surface area (Å²) in [6.07, 6.45) is 8.92. The zero-order chi connectivity index (χ0) is 55.3. The number of para-hydroxylation sites is 4. The lowest BCUT2D eigenvalue weighted by Crippen LogP contribution is -2.33. The molecule has 0 fully saturated rings. The topological polar surface area (TPSA) is 24.3 Å². The van der Waals surface area contributed by atoms with Crippen LogP contribution in [-0.4, -0.2) is 9.55 Å². The van der Waals surface area contributed by atoms with Gasteiger partial charge in [-0.15, -0.1) is 0 Å². The number of benzene rings is 10. The van der Waals surface area contributed by atoms with Crippen LogP contribution in [0.25, 0.3) is 55.3 Å². The Morgan fingerprint density at radius 1 is 0.446 bits per heavy atom. The number of pyridine rings is 1. The molecule has 0 radical (unpaired) electrons. The Kier molecular flexibility index (Phi) is 10.4. The lowest BCUT2D eigenvalue weighted by atomic mass is 9.69. The van der Waals surface area contributed by atoms with Crippen molar-refractivity contribution in [2.24, 2.45) is 0 Å². The number of allylic oxidation sites excluding steroid dienone is 4. The number of fused-ring (bicyclic) bond motifs is 17. The number of aromatic nitrogens is 2. The minimum Gasteiger partial charge on any atom is -0.310 e. The van der Waals surface area contributed by atoms with Gasteiger partial charge in [-0.25, -0.2) is 0 Å². The van der Waals surface area contributed by atoms with Crippen molar-refractivity contribution in [3.63, 3.8) is 0 Å². The van der Waals surface area contributed by atoms with Crippen LogP contribution in [-0.2, 0) is 16.2 Å². The first-order valence-corrected chi connectivity index (χ1v) is 30.1. The van der Waals surface area contributed by atoms with Gasteiger partial charge in [0.05, 0.1) is 27.8 Å². The summed E-state index contributed by atoms with van der Waals surface area (Å²) in [4.78, 5) is 13.1. The lowest BCUT2D eigenvalue weighted by Gasteiger charge is -2.39. The zero-order valence-corrected chi connectivity index (χ0v) is 47.7. The van der Waals surface area contributed by atoms with Gasteiger partial charge in [0.2, 0.25) is 0 Å². The van der Waals surface area contributed by atoms with Crippen LogP contribution >= 0.6 is 11.8 Å². The molecule has 396 valence electrons. The van der Waals surface area contributed by atoms with Crippen LogP contribution < -0.4 is 9.80 Å². The van der Waals surface area contributed by atoms with E-state index in [4.69, 9.17) is 4.98 Å². The molecule has 5 aliphatic rings.